The largest absolute Gasteiger partial charge is 0.462 e. The molecule has 1 aromatic heterocycles. The number of halogens is 1. The number of ketones is 1. The Hall–Kier alpha value is -2.44. The number of anilines is 1. The van der Waals surface area contributed by atoms with Gasteiger partial charge in [-0.3, -0.25) is 9.59 Å². The Kier molecular flexibility index (Phi) is 6.71. The first kappa shape index (κ1) is 19.9. The highest BCUT2D eigenvalue weighted by atomic mass is 35.5. The molecule has 0 bridgehead atoms. The molecule has 0 spiro atoms. The summed E-state index contributed by atoms with van der Waals surface area (Å²) in [6.07, 6.45) is 2.97. The van der Waals surface area contributed by atoms with E-state index in [1.807, 2.05) is 0 Å². The van der Waals surface area contributed by atoms with Crippen LogP contribution in [0.3, 0.4) is 0 Å². The van der Waals surface area contributed by atoms with Gasteiger partial charge in [-0.05, 0) is 50.1 Å². The number of hydrogen-bond acceptors (Lipinski definition) is 5. The van der Waals surface area contributed by atoms with Crippen LogP contribution in [-0.2, 0) is 9.53 Å². The Morgan fingerprint density at radius 2 is 1.88 bits per heavy atom. The quantitative estimate of drug-likeness (QED) is 0.438. The molecule has 5 nitrogen and oxygen atoms in total. The third kappa shape index (κ3) is 4.80. The summed E-state index contributed by atoms with van der Waals surface area (Å²) in [6.45, 7) is 4.98. The van der Waals surface area contributed by atoms with Crippen molar-refractivity contribution in [3.05, 3.63) is 56.9 Å². The Balaban J connectivity index is 2.25. The monoisotopic (exact) mass is 391 g/mol. The van der Waals surface area contributed by atoms with Gasteiger partial charge in [-0.2, -0.15) is 0 Å². The van der Waals surface area contributed by atoms with Gasteiger partial charge in [-0.1, -0.05) is 23.7 Å². The van der Waals surface area contributed by atoms with Crippen LogP contribution in [0.4, 0.5) is 5.00 Å². The highest BCUT2D eigenvalue weighted by Crippen LogP contribution is 2.34. The van der Waals surface area contributed by atoms with Gasteiger partial charge >= 0.3 is 5.97 Å². The summed E-state index contributed by atoms with van der Waals surface area (Å²) in [5.74, 6) is -1.15. The van der Waals surface area contributed by atoms with Crippen LogP contribution >= 0.6 is 22.9 Å². The predicted octanol–water partition coefficient (Wildman–Crippen LogP) is 4.74. The molecule has 1 amide bonds. The van der Waals surface area contributed by atoms with Crippen molar-refractivity contribution in [2.45, 2.75) is 20.8 Å². The molecule has 0 saturated heterocycles. The van der Waals surface area contributed by atoms with Crippen LogP contribution in [0.1, 0.15) is 45.0 Å². The lowest BCUT2D eigenvalue weighted by molar-refractivity contribution is -0.111. The van der Waals surface area contributed by atoms with Crippen LogP contribution in [-0.4, -0.2) is 24.3 Å². The van der Waals surface area contributed by atoms with Crippen LogP contribution in [0.15, 0.2) is 30.3 Å². The van der Waals surface area contributed by atoms with Gasteiger partial charge in [0.15, 0.2) is 5.78 Å². The SMILES string of the molecule is CCOC(=O)c1c(NC(=O)C=Cc2ccc(Cl)cc2)sc(C(C)=O)c1C. The van der Waals surface area contributed by atoms with Gasteiger partial charge in [-0.25, -0.2) is 4.79 Å². The average Bonchev–Trinajstić information content (AvgIpc) is 2.91. The Bertz CT molecular complexity index is 868. The molecule has 0 atom stereocenters. The van der Waals surface area contributed by atoms with Crippen molar-refractivity contribution < 1.29 is 19.1 Å². The van der Waals surface area contributed by atoms with Crippen LogP contribution in [0.2, 0.25) is 5.02 Å². The number of hydrogen-bond donors (Lipinski definition) is 1. The number of thiophene rings is 1. The average molecular weight is 392 g/mol. The number of carbonyl (C=O) groups excluding carboxylic acids is 3. The summed E-state index contributed by atoms with van der Waals surface area (Å²) in [6, 6.07) is 7.00. The molecule has 0 fully saturated rings. The lowest BCUT2D eigenvalue weighted by Crippen LogP contribution is -2.12. The minimum absolute atomic E-state index is 0.171. The van der Waals surface area contributed by atoms with Crippen molar-refractivity contribution in [3.63, 3.8) is 0 Å². The van der Waals surface area contributed by atoms with Crippen molar-refractivity contribution in [1.29, 1.82) is 0 Å². The number of benzene rings is 1. The topological polar surface area (TPSA) is 72.5 Å². The minimum Gasteiger partial charge on any atom is -0.462 e. The summed E-state index contributed by atoms with van der Waals surface area (Å²) < 4.78 is 5.04. The molecule has 2 rings (SSSR count). The maximum Gasteiger partial charge on any atom is 0.341 e. The molecule has 0 radical (unpaired) electrons. The zero-order valence-electron chi connectivity index (χ0n) is 14.6. The van der Waals surface area contributed by atoms with Gasteiger partial charge in [-0.15, -0.1) is 11.3 Å². The van der Waals surface area contributed by atoms with Gasteiger partial charge in [0.2, 0.25) is 5.91 Å². The molecule has 1 aromatic carbocycles. The summed E-state index contributed by atoms with van der Waals surface area (Å²) in [5.41, 5.74) is 1.54. The van der Waals surface area contributed by atoms with E-state index in [0.29, 0.717) is 20.5 Å². The first-order chi connectivity index (χ1) is 12.3. The lowest BCUT2D eigenvalue weighted by atomic mass is 10.1. The highest BCUT2D eigenvalue weighted by Gasteiger charge is 2.24. The van der Waals surface area contributed by atoms with Gasteiger partial charge in [0.05, 0.1) is 17.0 Å². The fourth-order valence-corrected chi connectivity index (χ4v) is 3.50. The van der Waals surface area contributed by atoms with Gasteiger partial charge < -0.3 is 10.1 Å². The Morgan fingerprint density at radius 1 is 1.23 bits per heavy atom. The number of carbonyl (C=O) groups is 3. The molecule has 0 aliphatic heterocycles. The van der Waals surface area contributed by atoms with Crippen LogP contribution in [0.25, 0.3) is 6.08 Å². The summed E-state index contributed by atoms with van der Waals surface area (Å²) in [4.78, 5) is 36.6. The standard InChI is InChI=1S/C19H18ClNO4S/c1-4-25-19(24)16-11(2)17(12(3)22)26-18(16)21-15(23)10-7-13-5-8-14(20)9-6-13/h5-10H,4H2,1-3H3,(H,21,23). The summed E-state index contributed by atoms with van der Waals surface area (Å²) in [7, 11) is 0. The van der Waals surface area contributed by atoms with Gasteiger partial charge in [0.25, 0.3) is 0 Å². The van der Waals surface area contributed by atoms with E-state index >= 15 is 0 Å². The van der Waals surface area contributed by atoms with Crippen molar-refractivity contribution in [2.75, 3.05) is 11.9 Å². The number of esters is 1. The molecular weight excluding hydrogens is 374 g/mol. The zero-order chi connectivity index (χ0) is 19.3. The number of ether oxygens (including phenoxy) is 1. The lowest BCUT2D eigenvalue weighted by Gasteiger charge is -2.05. The minimum atomic E-state index is -0.564. The van der Waals surface area contributed by atoms with E-state index in [9.17, 15) is 14.4 Å². The molecule has 136 valence electrons. The number of Topliss-reactive ketones (excluding diaryl/α,β-unsaturated/α-hetero) is 1. The molecule has 1 N–H and O–H groups in total. The van der Waals surface area contributed by atoms with Crippen molar-refractivity contribution >= 4 is 51.7 Å². The van der Waals surface area contributed by atoms with E-state index in [4.69, 9.17) is 16.3 Å². The zero-order valence-corrected chi connectivity index (χ0v) is 16.2. The smallest absolute Gasteiger partial charge is 0.341 e. The fraction of sp³-hybridized carbons (Fsp3) is 0.211. The number of nitrogens with one attached hydrogen (secondary N) is 1. The van der Waals surface area contributed by atoms with Crippen molar-refractivity contribution in [1.82, 2.24) is 0 Å². The first-order valence-corrected chi connectivity index (χ1v) is 9.09. The van der Waals surface area contributed by atoms with Crippen molar-refractivity contribution in [2.24, 2.45) is 0 Å². The molecule has 0 aliphatic carbocycles. The van der Waals surface area contributed by atoms with E-state index in [1.165, 1.54) is 13.0 Å². The van der Waals surface area contributed by atoms with E-state index < -0.39 is 11.9 Å². The molecule has 1 heterocycles. The predicted molar refractivity (Wildman–Crippen MR) is 104 cm³/mol. The molecule has 26 heavy (non-hydrogen) atoms. The molecule has 2 aromatic rings. The maximum absolute atomic E-state index is 12.2. The first-order valence-electron chi connectivity index (χ1n) is 7.89. The number of amides is 1. The van der Waals surface area contributed by atoms with E-state index in [-0.39, 0.29) is 18.0 Å². The van der Waals surface area contributed by atoms with Crippen LogP contribution in [0.5, 0.6) is 0 Å². The molecule has 0 saturated carbocycles. The van der Waals surface area contributed by atoms with Crippen LogP contribution in [0, 0.1) is 6.92 Å². The van der Waals surface area contributed by atoms with E-state index in [0.717, 1.165) is 16.9 Å². The maximum atomic E-state index is 12.2. The molecular formula is C19H18ClNO4S. The third-order valence-electron chi connectivity index (χ3n) is 3.48. The van der Waals surface area contributed by atoms with Crippen LogP contribution < -0.4 is 5.32 Å². The second-order valence-corrected chi connectivity index (χ2v) is 6.87. The van der Waals surface area contributed by atoms with Crippen molar-refractivity contribution in [3.8, 4) is 0 Å². The van der Waals surface area contributed by atoms with E-state index in [2.05, 4.69) is 5.32 Å². The Labute approximate surface area is 160 Å². The second-order valence-electron chi connectivity index (χ2n) is 5.41. The second kappa shape index (κ2) is 8.78. The Morgan fingerprint density at radius 3 is 2.46 bits per heavy atom. The molecule has 7 heteroatoms. The summed E-state index contributed by atoms with van der Waals surface area (Å²) >= 11 is 6.89. The molecule has 0 aliphatic rings. The van der Waals surface area contributed by atoms with E-state index in [1.54, 1.807) is 44.2 Å². The summed E-state index contributed by atoms with van der Waals surface area (Å²) in [5, 5.41) is 3.57. The van der Waals surface area contributed by atoms with Gasteiger partial charge in [0, 0.05) is 11.1 Å². The third-order valence-corrected chi connectivity index (χ3v) is 5.04. The highest BCUT2D eigenvalue weighted by molar-refractivity contribution is 7.18. The fourth-order valence-electron chi connectivity index (χ4n) is 2.29. The van der Waals surface area contributed by atoms with Gasteiger partial charge in [0.1, 0.15) is 5.00 Å². The number of rotatable bonds is 6. The molecule has 0 unspecified atom stereocenters. The normalized spacial score (nSPS) is 10.8.